The van der Waals surface area contributed by atoms with Gasteiger partial charge in [0, 0.05) is 10.9 Å². The minimum Gasteiger partial charge on any atom is -0.493 e. The maximum atomic E-state index is 11.9. The molecule has 0 amide bonds. The van der Waals surface area contributed by atoms with Gasteiger partial charge in [-0.3, -0.25) is 0 Å². The van der Waals surface area contributed by atoms with Crippen LogP contribution in [-0.4, -0.2) is 23.3 Å². The summed E-state index contributed by atoms with van der Waals surface area (Å²) >= 11 is 0. The highest BCUT2D eigenvalue weighted by molar-refractivity contribution is 6.09. The number of hydrogen-bond donors (Lipinski definition) is 2. The number of hydrogen-bond acceptors (Lipinski definition) is 4. The van der Waals surface area contributed by atoms with E-state index in [1.807, 2.05) is 24.3 Å². The Balaban J connectivity index is 2.16. The van der Waals surface area contributed by atoms with Crippen LogP contribution in [0.1, 0.15) is 41.3 Å². The Bertz CT molecular complexity index is 922. The van der Waals surface area contributed by atoms with Gasteiger partial charge < -0.3 is 19.4 Å². The third-order valence-corrected chi connectivity index (χ3v) is 4.47. The molecule has 0 atom stereocenters. The van der Waals surface area contributed by atoms with E-state index in [0.29, 0.717) is 33.6 Å². The Kier molecular flexibility index (Phi) is 5.28. The van der Waals surface area contributed by atoms with E-state index in [1.54, 1.807) is 12.1 Å². The highest BCUT2D eigenvalue weighted by atomic mass is 16.5. The summed E-state index contributed by atoms with van der Waals surface area (Å²) in [6.45, 7) is 1.94. The van der Waals surface area contributed by atoms with Gasteiger partial charge in [-0.1, -0.05) is 37.6 Å². The van der Waals surface area contributed by atoms with Gasteiger partial charge in [0.1, 0.15) is 11.3 Å². The molecule has 26 heavy (non-hydrogen) atoms. The maximum absolute atomic E-state index is 11.9. The first-order chi connectivity index (χ1) is 12.6. The molecule has 0 unspecified atom stereocenters. The molecule has 3 aromatic rings. The molecule has 0 bridgehead atoms. The van der Waals surface area contributed by atoms with Crippen LogP contribution in [0, 0.1) is 0 Å². The number of fused-ring (bicyclic) bond motifs is 1. The number of unbranched alkanes of at least 4 members (excludes halogenated alkanes) is 1. The van der Waals surface area contributed by atoms with Gasteiger partial charge in [0.2, 0.25) is 0 Å². The van der Waals surface area contributed by atoms with E-state index in [9.17, 15) is 15.0 Å². The number of aliphatic hydroxyl groups excluding tert-OH is 1. The second-order valence-corrected chi connectivity index (χ2v) is 6.24. The van der Waals surface area contributed by atoms with Gasteiger partial charge in [0.15, 0.2) is 11.3 Å². The summed E-state index contributed by atoms with van der Waals surface area (Å²) < 4.78 is 11.2. The van der Waals surface area contributed by atoms with Crippen LogP contribution in [0.4, 0.5) is 0 Å². The summed E-state index contributed by atoms with van der Waals surface area (Å²) in [7, 11) is 1.49. The topological polar surface area (TPSA) is 79.9 Å². The van der Waals surface area contributed by atoms with E-state index < -0.39 is 5.97 Å². The third-order valence-electron chi connectivity index (χ3n) is 4.47. The number of ether oxygens (including phenoxy) is 1. The van der Waals surface area contributed by atoms with E-state index in [0.717, 1.165) is 19.3 Å². The molecule has 5 heteroatoms. The minimum absolute atomic E-state index is 0.0786. The smallest absolute Gasteiger partial charge is 0.340 e. The van der Waals surface area contributed by atoms with E-state index in [1.165, 1.54) is 12.7 Å². The summed E-state index contributed by atoms with van der Waals surface area (Å²) in [5.41, 5.74) is 2.93. The molecule has 2 N–H and O–H groups in total. The molecule has 0 aliphatic rings. The van der Waals surface area contributed by atoms with Crippen LogP contribution >= 0.6 is 0 Å². The normalized spacial score (nSPS) is 11.0. The fourth-order valence-electron chi connectivity index (χ4n) is 3.09. The number of methoxy groups -OCH3 is 1. The lowest BCUT2D eigenvalue weighted by atomic mass is 10.0. The first-order valence-electron chi connectivity index (χ1n) is 8.65. The Hall–Kier alpha value is -2.79. The van der Waals surface area contributed by atoms with E-state index in [-0.39, 0.29) is 12.2 Å². The van der Waals surface area contributed by atoms with Crippen LogP contribution in [-0.2, 0) is 13.0 Å². The maximum Gasteiger partial charge on any atom is 0.340 e. The van der Waals surface area contributed by atoms with Gasteiger partial charge in [0.25, 0.3) is 0 Å². The number of aryl methyl sites for hydroxylation is 1. The van der Waals surface area contributed by atoms with E-state index in [4.69, 9.17) is 9.15 Å². The zero-order chi connectivity index (χ0) is 18.7. The summed E-state index contributed by atoms with van der Waals surface area (Å²) in [5.74, 6) is -0.381. The lowest BCUT2D eigenvalue weighted by Crippen LogP contribution is -1.98. The van der Waals surface area contributed by atoms with Crippen LogP contribution in [0.25, 0.3) is 22.3 Å². The predicted octanol–water partition coefficient (Wildman–Crippen LogP) is 4.64. The van der Waals surface area contributed by atoms with Crippen molar-refractivity contribution in [2.75, 3.05) is 7.11 Å². The fraction of sp³-hybridized carbons (Fsp3) is 0.286. The van der Waals surface area contributed by atoms with Crippen LogP contribution in [0.5, 0.6) is 5.75 Å². The highest BCUT2D eigenvalue weighted by Crippen LogP contribution is 2.39. The standard InChI is InChI=1S/C21H22O5/c1-3-4-5-13-6-8-15(9-7-13)19-18(21(23)24)16-10-14(12-22)11-17(25-2)20(16)26-19/h6-11,22H,3-5,12H2,1-2H3,(H,23,24). The van der Waals surface area contributed by atoms with Crippen molar-refractivity contribution < 1.29 is 24.2 Å². The lowest BCUT2D eigenvalue weighted by molar-refractivity contribution is 0.0699. The number of furan rings is 1. The Labute approximate surface area is 151 Å². The van der Waals surface area contributed by atoms with Crippen LogP contribution in [0.3, 0.4) is 0 Å². The number of carboxylic acids is 1. The molecular weight excluding hydrogens is 332 g/mol. The molecule has 0 saturated heterocycles. The monoisotopic (exact) mass is 354 g/mol. The molecule has 5 nitrogen and oxygen atoms in total. The molecule has 0 aliphatic heterocycles. The van der Waals surface area contributed by atoms with Crippen LogP contribution in [0.2, 0.25) is 0 Å². The predicted molar refractivity (Wildman–Crippen MR) is 99.7 cm³/mol. The summed E-state index contributed by atoms with van der Waals surface area (Å²) in [4.78, 5) is 11.9. The van der Waals surface area contributed by atoms with Crippen molar-refractivity contribution in [1.29, 1.82) is 0 Å². The van der Waals surface area contributed by atoms with Gasteiger partial charge >= 0.3 is 5.97 Å². The highest BCUT2D eigenvalue weighted by Gasteiger charge is 2.24. The molecule has 1 heterocycles. The summed E-state index contributed by atoms with van der Waals surface area (Å²) in [5, 5.41) is 19.6. The Morgan fingerprint density at radius 2 is 1.88 bits per heavy atom. The molecule has 0 fully saturated rings. The average Bonchev–Trinajstić information content (AvgIpc) is 3.05. The molecule has 1 aromatic heterocycles. The number of benzene rings is 2. The Morgan fingerprint density at radius 1 is 1.15 bits per heavy atom. The van der Waals surface area contributed by atoms with Gasteiger partial charge in [-0.05, 0) is 36.1 Å². The third kappa shape index (κ3) is 3.30. The van der Waals surface area contributed by atoms with Crippen molar-refractivity contribution in [3.8, 4) is 17.1 Å². The van der Waals surface area contributed by atoms with Crippen molar-refractivity contribution in [3.05, 3.63) is 53.1 Å². The minimum atomic E-state index is -1.08. The summed E-state index contributed by atoms with van der Waals surface area (Å²) in [6, 6.07) is 11.0. The molecule has 0 radical (unpaired) electrons. The van der Waals surface area contributed by atoms with Gasteiger partial charge in [-0.2, -0.15) is 0 Å². The lowest BCUT2D eigenvalue weighted by Gasteiger charge is -2.03. The van der Waals surface area contributed by atoms with E-state index >= 15 is 0 Å². The van der Waals surface area contributed by atoms with Crippen molar-refractivity contribution in [3.63, 3.8) is 0 Å². The molecule has 136 valence electrons. The summed E-state index contributed by atoms with van der Waals surface area (Å²) in [6.07, 6.45) is 3.24. The van der Waals surface area contributed by atoms with Crippen molar-refractivity contribution in [2.45, 2.75) is 32.8 Å². The number of carbonyl (C=O) groups is 1. The zero-order valence-corrected chi connectivity index (χ0v) is 14.9. The zero-order valence-electron chi connectivity index (χ0n) is 14.9. The van der Waals surface area contributed by atoms with Crippen LogP contribution in [0.15, 0.2) is 40.8 Å². The average molecular weight is 354 g/mol. The number of aliphatic hydroxyl groups is 1. The largest absolute Gasteiger partial charge is 0.493 e. The second-order valence-electron chi connectivity index (χ2n) is 6.24. The van der Waals surface area contributed by atoms with Crippen LogP contribution < -0.4 is 4.74 Å². The van der Waals surface area contributed by atoms with Gasteiger partial charge in [-0.15, -0.1) is 0 Å². The number of rotatable bonds is 7. The number of carboxylic acid groups (broad SMARTS) is 1. The molecule has 2 aromatic carbocycles. The van der Waals surface area contributed by atoms with Gasteiger partial charge in [0.05, 0.1) is 13.7 Å². The molecular formula is C21H22O5. The van der Waals surface area contributed by atoms with Crippen molar-refractivity contribution in [2.24, 2.45) is 0 Å². The number of aromatic carboxylic acids is 1. The Morgan fingerprint density at radius 3 is 2.46 bits per heavy atom. The first kappa shape index (κ1) is 18.0. The van der Waals surface area contributed by atoms with Gasteiger partial charge in [-0.25, -0.2) is 4.79 Å². The van der Waals surface area contributed by atoms with Crippen molar-refractivity contribution in [1.82, 2.24) is 0 Å². The molecule has 0 aliphatic carbocycles. The van der Waals surface area contributed by atoms with E-state index in [2.05, 4.69) is 6.92 Å². The molecule has 0 spiro atoms. The molecule has 3 rings (SSSR count). The fourth-order valence-corrected chi connectivity index (χ4v) is 3.09. The molecule has 0 saturated carbocycles. The SMILES string of the molecule is CCCCc1ccc(-c2oc3c(OC)cc(CO)cc3c2C(=O)O)cc1. The second kappa shape index (κ2) is 7.62. The first-order valence-corrected chi connectivity index (χ1v) is 8.65. The van der Waals surface area contributed by atoms with Crippen molar-refractivity contribution >= 4 is 16.9 Å². The quantitative estimate of drug-likeness (QED) is 0.646.